The summed E-state index contributed by atoms with van der Waals surface area (Å²) in [4.78, 5) is 38.7. The number of alkyl carbamates (subject to hydrolysis) is 1. The standard InChI is InChI=1S/C29H33N3O4S/c1-18(2)26(27(33)25(16-30)37-14-8-9-15-37)32-28(34)19(3)31-29(35)36-17-24-22-12-6-4-10-20(22)21-11-5-7-13-23(21)24/h4-7,10-14,18-19,24-26H,8-9,15,17H2,1-3H3,(H,31,35)(H,32,34)/t19-,25?,26-,37?/m0/s1. The van der Waals surface area contributed by atoms with Crippen LogP contribution in [0.3, 0.4) is 0 Å². The number of ketones is 1. The van der Waals surface area contributed by atoms with E-state index in [2.05, 4.69) is 34.2 Å². The lowest BCUT2D eigenvalue weighted by molar-refractivity contribution is -0.129. The highest BCUT2D eigenvalue weighted by molar-refractivity contribution is 8.16. The zero-order chi connectivity index (χ0) is 26.5. The molecule has 2 aromatic carbocycles. The van der Waals surface area contributed by atoms with Crippen LogP contribution in [-0.2, 0) is 14.3 Å². The molecule has 0 saturated carbocycles. The Bertz CT molecular complexity index is 1220. The van der Waals surface area contributed by atoms with Gasteiger partial charge in [0.25, 0.3) is 0 Å². The second-order valence-corrected chi connectivity index (χ2v) is 12.0. The third-order valence-corrected chi connectivity index (χ3v) is 9.30. The van der Waals surface area contributed by atoms with Gasteiger partial charge in [-0.1, -0.05) is 67.7 Å². The molecule has 2 N–H and O–H groups in total. The third-order valence-electron chi connectivity index (χ3n) is 6.94. The van der Waals surface area contributed by atoms with Crippen molar-refractivity contribution in [3.63, 3.8) is 0 Å². The van der Waals surface area contributed by atoms with E-state index in [1.54, 1.807) is 6.92 Å². The fourth-order valence-corrected chi connectivity index (χ4v) is 7.10. The molecule has 8 heteroatoms. The van der Waals surface area contributed by atoms with Crippen LogP contribution in [0.2, 0.25) is 0 Å². The zero-order valence-corrected chi connectivity index (χ0v) is 22.2. The van der Waals surface area contributed by atoms with E-state index in [-0.39, 0.29) is 34.7 Å². The summed E-state index contributed by atoms with van der Waals surface area (Å²) in [6, 6.07) is 16.6. The van der Waals surface area contributed by atoms with Gasteiger partial charge in [-0.05, 0) is 53.7 Å². The Hall–Kier alpha value is -3.44. The van der Waals surface area contributed by atoms with Gasteiger partial charge in [-0.25, -0.2) is 4.79 Å². The van der Waals surface area contributed by atoms with E-state index in [0.29, 0.717) is 0 Å². The Labute approximate surface area is 220 Å². The van der Waals surface area contributed by atoms with Crippen molar-refractivity contribution in [1.82, 2.24) is 10.6 Å². The van der Waals surface area contributed by atoms with Crippen molar-refractivity contribution in [3.05, 3.63) is 59.7 Å². The van der Waals surface area contributed by atoms with Crippen LogP contribution in [-0.4, -0.2) is 52.8 Å². The van der Waals surface area contributed by atoms with Crippen molar-refractivity contribution in [2.45, 2.75) is 56.9 Å². The van der Waals surface area contributed by atoms with E-state index in [0.717, 1.165) is 40.8 Å². The number of carbonyl (C=O) groups excluding carboxylic acids is 3. The lowest BCUT2D eigenvalue weighted by Gasteiger charge is -2.26. The van der Waals surface area contributed by atoms with Crippen molar-refractivity contribution in [3.8, 4) is 17.2 Å². The molecule has 4 rings (SSSR count). The third kappa shape index (κ3) is 5.78. The van der Waals surface area contributed by atoms with Gasteiger partial charge in [0.1, 0.15) is 17.9 Å². The van der Waals surface area contributed by atoms with Crippen molar-refractivity contribution in [2.24, 2.45) is 5.92 Å². The number of fused-ring (bicyclic) bond motifs is 3. The van der Waals surface area contributed by atoms with Crippen molar-refractivity contribution in [1.29, 1.82) is 5.26 Å². The molecule has 1 aliphatic heterocycles. The average molecular weight is 520 g/mol. The summed E-state index contributed by atoms with van der Waals surface area (Å²) < 4.78 is 5.54. The van der Waals surface area contributed by atoms with Crippen LogP contribution < -0.4 is 10.6 Å². The summed E-state index contributed by atoms with van der Waals surface area (Å²) >= 11 is 0. The first-order chi connectivity index (χ1) is 17.8. The zero-order valence-electron chi connectivity index (χ0n) is 21.4. The van der Waals surface area contributed by atoms with Crippen LogP contribution >= 0.6 is 10.5 Å². The number of benzene rings is 2. The van der Waals surface area contributed by atoms with E-state index < -0.39 is 29.3 Å². The highest BCUT2D eigenvalue weighted by Crippen LogP contribution is 2.44. The maximum absolute atomic E-state index is 13.2. The molecule has 2 aromatic rings. The van der Waals surface area contributed by atoms with E-state index in [1.165, 1.54) is 0 Å². The smallest absolute Gasteiger partial charge is 0.407 e. The van der Waals surface area contributed by atoms with Gasteiger partial charge in [0.15, 0.2) is 5.78 Å². The molecule has 0 radical (unpaired) electrons. The maximum atomic E-state index is 13.2. The van der Waals surface area contributed by atoms with Gasteiger partial charge < -0.3 is 15.4 Å². The fraction of sp³-hybridized carbons (Fsp3) is 0.414. The number of hydrogen-bond acceptors (Lipinski definition) is 5. The molecular formula is C29H33N3O4S. The van der Waals surface area contributed by atoms with E-state index >= 15 is 0 Å². The molecule has 0 fully saturated rings. The second-order valence-electron chi connectivity index (χ2n) is 9.82. The first kappa shape index (κ1) is 26.6. The molecule has 37 heavy (non-hydrogen) atoms. The molecule has 2 unspecified atom stereocenters. The van der Waals surface area contributed by atoms with Gasteiger partial charge in [-0.15, -0.1) is 0 Å². The SMILES string of the molecule is CC(C)[C@H](NC(=O)[C@H](C)NC(=O)OCC1c2ccccc2-c2ccccc21)C(=O)C(C#N)S1=CCCC1. The largest absolute Gasteiger partial charge is 0.449 e. The first-order valence-corrected chi connectivity index (χ1v) is 14.2. The Kier molecular flexibility index (Phi) is 8.45. The molecule has 194 valence electrons. The Morgan fingerprint density at radius 1 is 1.03 bits per heavy atom. The van der Waals surface area contributed by atoms with E-state index in [1.807, 2.05) is 50.2 Å². The fourth-order valence-electron chi connectivity index (χ4n) is 4.95. The number of ether oxygens (including phenoxy) is 1. The van der Waals surface area contributed by atoms with E-state index in [9.17, 15) is 19.6 Å². The summed E-state index contributed by atoms with van der Waals surface area (Å²) in [7, 11) is -0.379. The van der Waals surface area contributed by atoms with Gasteiger partial charge in [0, 0.05) is 5.92 Å². The normalized spacial score (nSPS) is 18.5. The molecule has 0 aromatic heterocycles. The van der Waals surface area contributed by atoms with Crippen LogP contribution in [0.5, 0.6) is 0 Å². The second kappa shape index (κ2) is 11.7. The monoisotopic (exact) mass is 519 g/mol. The number of hydrogen-bond donors (Lipinski definition) is 2. The molecule has 4 atom stereocenters. The molecule has 1 aliphatic carbocycles. The molecule has 0 spiro atoms. The Morgan fingerprint density at radius 3 is 2.19 bits per heavy atom. The minimum Gasteiger partial charge on any atom is -0.449 e. The van der Waals surface area contributed by atoms with Crippen molar-refractivity contribution >= 4 is 33.6 Å². The topological polar surface area (TPSA) is 108 Å². The summed E-state index contributed by atoms with van der Waals surface area (Å²) in [5.41, 5.74) is 4.48. The van der Waals surface area contributed by atoms with Gasteiger partial charge in [0.2, 0.25) is 5.91 Å². The van der Waals surface area contributed by atoms with Crippen LogP contribution in [0, 0.1) is 17.2 Å². The quantitative estimate of drug-likeness (QED) is 0.478. The van der Waals surface area contributed by atoms with E-state index in [4.69, 9.17) is 4.74 Å². The summed E-state index contributed by atoms with van der Waals surface area (Å²) in [5.74, 6) is -0.194. The molecule has 2 amide bonds. The Morgan fingerprint density at radius 2 is 1.65 bits per heavy atom. The lowest BCUT2D eigenvalue weighted by Crippen LogP contribution is -2.53. The van der Waals surface area contributed by atoms with Gasteiger partial charge in [-0.2, -0.15) is 15.7 Å². The minimum absolute atomic E-state index is 0.0821. The van der Waals surface area contributed by atoms with Crippen molar-refractivity contribution in [2.75, 3.05) is 12.4 Å². The van der Waals surface area contributed by atoms with Gasteiger partial charge in [-0.3, -0.25) is 9.59 Å². The average Bonchev–Trinajstić information content (AvgIpc) is 3.53. The van der Waals surface area contributed by atoms with Crippen LogP contribution in [0.1, 0.15) is 50.7 Å². The highest BCUT2D eigenvalue weighted by atomic mass is 32.2. The van der Waals surface area contributed by atoms with Gasteiger partial charge >= 0.3 is 6.09 Å². The number of nitrogens with one attached hydrogen (secondary N) is 2. The number of amides is 2. The van der Waals surface area contributed by atoms with Crippen molar-refractivity contribution < 1.29 is 19.1 Å². The summed E-state index contributed by atoms with van der Waals surface area (Å²) in [5, 5.41) is 16.3. The predicted molar refractivity (Wildman–Crippen MR) is 147 cm³/mol. The lowest BCUT2D eigenvalue weighted by atomic mass is 9.97. The number of nitriles is 1. The predicted octanol–water partition coefficient (Wildman–Crippen LogP) is 4.38. The minimum atomic E-state index is -0.911. The van der Waals surface area contributed by atoms with Crippen LogP contribution in [0.4, 0.5) is 4.79 Å². The molecule has 0 saturated heterocycles. The number of carbonyl (C=O) groups is 3. The first-order valence-electron chi connectivity index (χ1n) is 12.7. The van der Waals surface area contributed by atoms with Gasteiger partial charge in [0.05, 0.1) is 12.1 Å². The van der Waals surface area contributed by atoms with Crippen LogP contribution in [0.25, 0.3) is 11.1 Å². The summed E-state index contributed by atoms with van der Waals surface area (Å²) in [6.45, 7) is 5.36. The molecule has 0 bridgehead atoms. The molecule has 1 heterocycles. The molecule has 2 aliphatic rings. The summed E-state index contributed by atoms with van der Waals surface area (Å²) in [6.07, 6.45) is 1.19. The number of nitrogens with zero attached hydrogens (tertiary/aromatic N) is 1. The molecule has 7 nitrogen and oxygen atoms in total. The molecular weight excluding hydrogens is 486 g/mol. The number of Topliss-reactive ketones (excluding diaryl/α,β-unsaturated/α-hetero) is 1. The highest BCUT2D eigenvalue weighted by Gasteiger charge is 2.34. The number of rotatable bonds is 9. The van der Waals surface area contributed by atoms with Crippen LogP contribution in [0.15, 0.2) is 48.5 Å². The Balaban J connectivity index is 1.35. The maximum Gasteiger partial charge on any atom is 0.407 e.